The van der Waals surface area contributed by atoms with Crippen LogP contribution in [0.25, 0.3) is 0 Å². The highest BCUT2D eigenvalue weighted by molar-refractivity contribution is 7.39. The molecule has 0 aromatic heterocycles. The molecule has 0 heterocycles. The maximum atomic E-state index is 11.2. The fraction of sp³-hybridized carbons (Fsp3) is 0.455. The summed E-state index contributed by atoms with van der Waals surface area (Å²) in [7, 11) is -1.80. The van der Waals surface area contributed by atoms with Crippen molar-refractivity contribution in [3.8, 4) is 0 Å². The first-order valence-electron chi connectivity index (χ1n) is 4.93. The normalized spacial score (nSPS) is 12.7. The summed E-state index contributed by atoms with van der Waals surface area (Å²) in [6.07, 6.45) is 1.50. The van der Waals surface area contributed by atoms with Crippen LogP contribution in [0.4, 0.5) is 0 Å². The van der Waals surface area contributed by atoms with Gasteiger partial charge in [-0.2, -0.15) is 0 Å². The van der Waals surface area contributed by atoms with Crippen LogP contribution >= 0.6 is 8.03 Å². The highest BCUT2D eigenvalue weighted by atomic mass is 31.1. The molecule has 0 aliphatic rings. The second-order valence-corrected chi connectivity index (χ2v) is 4.82. The Morgan fingerprint density at radius 1 is 1.29 bits per heavy atom. The smallest absolute Gasteiger partial charge is 0.191 e. The molecule has 0 N–H and O–H groups in total. The van der Waals surface area contributed by atoms with E-state index in [2.05, 4.69) is 31.2 Å². The van der Waals surface area contributed by atoms with Gasteiger partial charge in [0.05, 0.1) is 6.61 Å². The van der Waals surface area contributed by atoms with Crippen LogP contribution in [0.3, 0.4) is 0 Å². The second-order valence-electron chi connectivity index (χ2n) is 3.29. The Hall–Kier alpha value is -0.590. The minimum atomic E-state index is -1.80. The van der Waals surface area contributed by atoms with E-state index in [1.807, 2.05) is 6.92 Å². The Bertz CT molecular complexity index is 293. The molecule has 0 saturated heterocycles. The quantitative estimate of drug-likeness (QED) is 0.701. The highest BCUT2D eigenvalue weighted by Gasteiger charge is 1.99. The van der Waals surface area contributed by atoms with E-state index < -0.39 is 8.03 Å². The van der Waals surface area contributed by atoms with Crippen LogP contribution in [0.2, 0.25) is 0 Å². The molecule has 14 heavy (non-hydrogen) atoms. The van der Waals surface area contributed by atoms with Crippen molar-refractivity contribution in [3.05, 3.63) is 35.4 Å². The Morgan fingerprint density at radius 2 is 1.93 bits per heavy atom. The average molecular weight is 212 g/mol. The zero-order chi connectivity index (χ0) is 10.4. The van der Waals surface area contributed by atoms with Gasteiger partial charge in [0.15, 0.2) is 8.03 Å². The van der Waals surface area contributed by atoms with E-state index in [-0.39, 0.29) is 0 Å². The maximum Gasteiger partial charge on any atom is 0.191 e. The lowest BCUT2D eigenvalue weighted by Crippen LogP contribution is -1.90. The summed E-state index contributed by atoms with van der Waals surface area (Å²) in [5, 5.41) is 0. The molecule has 0 aliphatic heterocycles. The third-order valence-corrected chi connectivity index (χ3v) is 3.31. The lowest BCUT2D eigenvalue weighted by Gasteiger charge is -2.02. The van der Waals surface area contributed by atoms with Crippen molar-refractivity contribution in [2.45, 2.75) is 20.3 Å². The van der Waals surface area contributed by atoms with Crippen LogP contribution in [-0.2, 0) is 15.5 Å². The molecule has 0 radical (unpaired) electrons. The molecule has 0 spiro atoms. The molecule has 0 bridgehead atoms. The molecule has 78 valence electrons. The minimum absolute atomic E-state index is 0.547. The molecule has 1 atom stereocenters. The Kier molecular flexibility index (Phi) is 4.92. The van der Waals surface area contributed by atoms with E-state index in [0.717, 1.165) is 6.42 Å². The lowest BCUT2D eigenvalue weighted by molar-refractivity contribution is 0.350. The lowest BCUT2D eigenvalue weighted by atomic mass is 10.1. The Labute approximate surface area is 86.2 Å². The van der Waals surface area contributed by atoms with Crippen molar-refractivity contribution in [3.63, 3.8) is 0 Å². The van der Waals surface area contributed by atoms with Crippen molar-refractivity contribution in [2.24, 2.45) is 0 Å². The van der Waals surface area contributed by atoms with Gasteiger partial charge in [0.1, 0.15) is 0 Å². The molecule has 3 heteroatoms. The van der Waals surface area contributed by atoms with Gasteiger partial charge in [-0.15, -0.1) is 0 Å². The van der Waals surface area contributed by atoms with Gasteiger partial charge in [-0.05, 0) is 25.8 Å². The molecule has 0 aliphatic carbocycles. The van der Waals surface area contributed by atoms with Gasteiger partial charge in [-0.25, -0.2) is 0 Å². The van der Waals surface area contributed by atoms with Crippen molar-refractivity contribution >= 4 is 8.03 Å². The van der Waals surface area contributed by atoms with Gasteiger partial charge in [0.25, 0.3) is 0 Å². The van der Waals surface area contributed by atoms with Crippen LogP contribution in [0, 0.1) is 6.92 Å². The van der Waals surface area contributed by atoms with E-state index in [1.165, 1.54) is 11.1 Å². The van der Waals surface area contributed by atoms with Crippen LogP contribution < -0.4 is 0 Å². The van der Waals surface area contributed by atoms with Gasteiger partial charge in [-0.3, -0.25) is 4.57 Å². The van der Waals surface area contributed by atoms with Crippen molar-refractivity contribution in [1.29, 1.82) is 0 Å². The Morgan fingerprint density at radius 3 is 2.50 bits per heavy atom. The maximum absolute atomic E-state index is 11.2. The van der Waals surface area contributed by atoms with E-state index in [4.69, 9.17) is 4.52 Å². The average Bonchev–Trinajstić information content (AvgIpc) is 2.17. The highest BCUT2D eigenvalue weighted by Crippen LogP contribution is 2.22. The van der Waals surface area contributed by atoms with E-state index in [1.54, 1.807) is 0 Å². The van der Waals surface area contributed by atoms with Gasteiger partial charge in [0.2, 0.25) is 0 Å². The molecule has 1 aromatic rings. The van der Waals surface area contributed by atoms with Crippen LogP contribution in [-0.4, -0.2) is 12.8 Å². The minimum Gasteiger partial charge on any atom is -0.331 e. The van der Waals surface area contributed by atoms with Gasteiger partial charge in [-0.1, -0.05) is 29.8 Å². The topological polar surface area (TPSA) is 26.3 Å². The predicted molar refractivity (Wildman–Crippen MR) is 60.4 cm³/mol. The molecule has 2 nitrogen and oxygen atoms in total. The van der Waals surface area contributed by atoms with E-state index >= 15 is 0 Å². The zero-order valence-electron chi connectivity index (χ0n) is 8.75. The number of hydrogen-bond acceptors (Lipinski definition) is 2. The molecule has 0 fully saturated rings. The largest absolute Gasteiger partial charge is 0.331 e. The summed E-state index contributed by atoms with van der Waals surface area (Å²) in [5.41, 5.74) is 2.49. The zero-order valence-corrected chi connectivity index (χ0v) is 9.75. The fourth-order valence-electron chi connectivity index (χ4n) is 1.23. The first-order chi connectivity index (χ1) is 6.72. The molecular formula is C11H17O2P. The Balaban J connectivity index is 2.38. The first kappa shape index (κ1) is 11.5. The van der Waals surface area contributed by atoms with Gasteiger partial charge < -0.3 is 4.52 Å². The van der Waals surface area contributed by atoms with Crippen molar-refractivity contribution in [1.82, 2.24) is 0 Å². The standard InChI is InChI=1S/C11H17O2P/c1-3-13-14(12)9-8-11-6-4-10(2)5-7-11/h4-7,14H,3,8-9H2,1-2H3. The molecule has 0 saturated carbocycles. The van der Waals surface area contributed by atoms with Crippen LogP contribution in [0.1, 0.15) is 18.1 Å². The fourth-order valence-corrected chi connectivity index (χ4v) is 2.19. The first-order valence-corrected chi connectivity index (χ1v) is 6.46. The van der Waals surface area contributed by atoms with E-state index in [0.29, 0.717) is 12.8 Å². The summed E-state index contributed by atoms with van der Waals surface area (Å²) in [4.78, 5) is 0. The third kappa shape index (κ3) is 4.08. The number of rotatable bonds is 5. The second kappa shape index (κ2) is 6.00. The van der Waals surface area contributed by atoms with Crippen LogP contribution in [0.15, 0.2) is 24.3 Å². The number of benzene rings is 1. The summed E-state index contributed by atoms with van der Waals surface area (Å²) in [6.45, 7) is 4.48. The van der Waals surface area contributed by atoms with Crippen molar-refractivity contribution in [2.75, 3.05) is 12.8 Å². The molecule has 0 amide bonds. The summed E-state index contributed by atoms with van der Waals surface area (Å²) in [6, 6.07) is 8.31. The number of aryl methyl sites for hydroxylation is 2. The summed E-state index contributed by atoms with van der Waals surface area (Å²) in [5.74, 6) is 0. The number of hydrogen-bond donors (Lipinski definition) is 0. The van der Waals surface area contributed by atoms with Gasteiger partial charge in [0, 0.05) is 6.16 Å². The molecular weight excluding hydrogens is 195 g/mol. The van der Waals surface area contributed by atoms with Crippen molar-refractivity contribution < 1.29 is 9.09 Å². The molecule has 1 aromatic carbocycles. The monoisotopic (exact) mass is 212 g/mol. The molecule has 1 rings (SSSR count). The summed E-state index contributed by atoms with van der Waals surface area (Å²) >= 11 is 0. The van der Waals surface area contributed by atoms with Crippen LogP contribution in [0.5, 0.6) is 0 Å². The predicted octanol–water partition coefficient (Wildman–Crippen LogP) is 3.05. The molecule has 1 unspecified atom stereocenters. The van der Waals surface area contributed by atoms with Gasteiger partial charge >= 0.3 is 0 Å². The van der Waals surface area contributed by atoms with E-state index in [9.17, 15) is 4.57 Å². The third-order valence-electron chi connectivity index (χ3n) is 2.04. The SMILES string of the molecule is CCO[PH](=O)CCc1ccc(C)cc1. The summed E-state index contributed by atoms with van der Waals surface area (Å²) < 4.78 is 16.3.